The third kappa shape index (κ3) is 4.11. The van der Waals surface area contributed by atoms with Crippen LogP contribution in [0.2, 0.25) is 0 Å². The quantitative estimate of drug-likeness (QED) is 0.888. The van der Waals surface area contributed by atoms with Crippen molar-refractivity contribution in [3.8, 4) is 0 Å². The predicted octanol–water partition coefficient (Wildman–Crippen LogP) is 3.43. The summed E-state index contributed by atoms with van der Waals surface area (Å²) in [5, 5.41) is 2.70. The number of hydrogen-bond acceptors (Lipinski definition) is 2. The Morgan fingerprint density at radius 3 is 2.50 bits per heavy atom. The molecule has 0 bridgehead atoms. The fourth-order valence-corrected chi connectivity index (χ4v) is 2.00. The maximum Gasteiger partial charge on any atom is 0.251 e. The number of benzene rings is 2. The van der Waals surface area contributed by atoms with Gasteiger partial charge in [0.15, 0.2) is 11.6 Å². The molecular formula is C17H17F2NO2. The van der Waals surface area contributed by atoms with E-state index in [9.17, 15) is 13.6 Å². The molecule has 3 nitrogen and oxygen atoms in total. The van der Waals surface area contributed by atoms with Crippen LogP contribution in [0.5, 0.6) is 0 Å². The summed E-state index contributed by atoms with van der Waals surface area (Å²) in [6.07, 6.45) is 0. The summed E-state index contributed by atoms with van der Waals surface area (Å²) >= 11 is 0. The summed E-state index contributed by atoms with van der Waals surface area (Å²) in [6, 6.07) is 10.7. The first-order valence-electron chi connectivity index (χ1n) is 6.99. The molecule has 0 radical (unpaired) electrons. The molecule has 0 fully saturated rings. The van der Waals surface area contributed by atoms with Gasteiger partial charge in [0.1, 0.15) is 0 Å². The van der Waals surface area contributed by atoms with Gasteiger partial charge in [-0.05, 0) is 36.2 Å². The van der Waals surface area contributed by atoms with E-state index in [1.54, 1.807) is 0 Å². The van der Waals surface area contributed by atoms with Gasteiger partial charge >= 0.3 is 0 Å². The molecule has 0 aliphatic heterocycles. The second-order valence-electron chi connectivity index (χ2n) is 4.72. The minimum Gasteiger partial charge on any atom is -0.377 e. The summed E-state index contributed by atoms with van der Waals surface area (Å²) in [4.78, 5) is 12.0. The highest BCUT2D eigenvalue weighted by Crippen LogP contribution is 2.12. The summed E-state index contributed by atoms with van der Waals surface area (Å²) in [6.45, 7) is 3.28. The third-order valence-corrected chi connectivity index (χ3v) is 3.20. The average molecular weight is 305 g/mol. The Morgan fingerprint density at radius 2 is 1.82 bits per heavy atom. The minimum atomic E-state index is -1.04. The number of ether oxygens (including phenoxy) is 1. The monoisotopic (exact) mass is 305 g/mol. The van der Waals surface area contributed by atoms with Crippen LogP contribution in [-0.4, -0.2) is 12.5 Å². The molecule has 0 atom stereocenters. The molecule has 5 heteroatoms. The summed E-state index contributed by atoms with van der Waals surface area (Å²) in [5.74, 6) is -2.46. The Kier molecular flexibility index (Phi) is 5.61. The van der Waals surface area contributed by atoms with E-state index in [1.165, 1.54) is 6.07 Å². The molecule has 0 saturated carbocycles. The van der Waals surface area contributed by atoms with Crippen LogP contribution in [0.4, 0.5) is 8.78 Å². The molecule has 2 aromatic rings. The highest BCUT2D eigenvalue weighted by molar-refractivity contribution is 5.94. The van der Waals surface area contributed by atoms with Crippen LogP contribution in [0.3, 0.4) is 0 Å². The number of halogens is 2. The maximum atomic E-state index is 13.1. The van der Waals surface area contributed by atoms with Gasteiger partial charge in [0.2, 0.25) is 0 Å². The van der Waals surface area contributed by atoms with Gasteiger partial charge in [-0.15, -0.1) is 0 Å². The van der Waals surface area contributed by atoms with Crippen molar-refractivity contribution in [1.29, 1.82) is 0 Å². The Balaban J connectivity index is 2.03. The van der Waals surface area contributed by atoms with Gasteiger partial charge in [-0.2, -0.15) is 0 Å². The molecule has 116 valence electrons. The average Bonchev–Trinajstić information content (AvgIpc) is 2.54. The van der Waals surface area contributed by atoms with Crippen molar-refractivity contribution in [2.45, 2.75) is 20.1 Å². The largest absolute Gasteiger partial charge is 0.377 e. The van der Waals surface area contributed by atoms with E-state index in [4.69, 9.17) is 4.74 Å². The lowest BCUT2D eigenvalue weighted by Gasteiger charge is -2.11. The lowest BCUT2D eigenvalue weighted by Crippen LogP contribution is -2.23. The first-order chi connectivity index (χ1) is 10.6. The predicted molar refractivity (Wildman–Crippen MR) is 79.3 cm³/mol. The van der Waals surface area contributed by atoms with Gasteiger partial charge in [0.25, 0.3) is 5.91 Å². The van der Waals surface area contributed by atoms with E-state index in [1.807, 2.05) is 31.2 Å². The molecule has 0 spiro atoms. The maximum absolute atomic E-state index is 13.1. The number of carbonyl (C=O) groups is 1. The highest BCUT2D eigenvalue weighted by Gasteiger charge is 2.10. The zero-order chi connectivity index (χ0) is 15.9. The van der Waals surface area contributed by atoms with E-state index in [0.29, 0.717) is 19.8 Å². The minimum absolute atomic E-state index is 0.0844. The summed E-state index contributed by atoms with van der Waals surface area (Å²) in [5.41, 5.74) is 1.99. The lowest BCUT2D eigenvalue weighted by atomic mass is 10.1. The van der Waals surface area contributed by atoms with Gasteiger partial charge in [-0.1, -0.05) is 24.3 Å². The number of nitrogens with one attached hydrogen (secondary N) is 1. The highest BCUT2D eigenvalue weighted by atomic mass is 19.2. The molecule has 1 N–H and O–H groups in total. The molecule has 2 aromatic carbocycles. The van der Waals surface area contributed by atoms with Crippen LogP contribution in [-0.2, 0) is 17.9 Å². The second kappa shape index (κ2) is 7.66. The van der Waals surface area contributed by atoms with Crippen LogP contribution in [0, 0.1) is 11.6 Å². The Hall–Kier alpha value is -2.27. The lowest BCUT2D eigenvalue weighted by molar-refractivity contribution is 0.0949. The van der Waals surface area contributed by atoms with Crippen LogP contribution >= 0.6 is 0 Å². The smallest absolute Gasteiger partial charge is 0.251 e. The number of carbonyl (C=O) groups excluding carboxylic acids is 1. The molecule has 1 amide bonds. The Bertz CT molecular complexity index is 659. The number of rotatable bonds is 6. The van der Waals surface area contributed by atoms with Crippen molar-refractivity contribution >= 4 is 5.91 Å². The van der Waals surface area contributed by atoms with Crippen molar-refractivity contribution in [3.05, 3.63) is 70.8 Å². The van der Waals surface area contributed by atoms with Gasteiger partial charge < -0.3 is 10.1 Å². The van der Waals surface area contributed by atoms with Crippen molar-refractivity contribution < 1.29 is 18.3 Å². The van der Waals surface area contributed by atoms with Crippen LogP contribution in [0.1, 0.15) is 28.4 Å². The number of amides is 1. The van der Waals surface area contributed by atoms with Crippen LogP contribution in [0.25, 0.3) is 0 Å². The molecular weight excluding hydrogens is 288 g/mol. The fraction of sp³-hybridized carbons (Fsp3) is 0.235. The fourth-order valence-electron chi connectivity index (χ4n) is 2.00. The topological polar surface area (TPSA) is 38.3 Å². The van der Waals surface area contributed by atoms with Crippen molar-refractivity contribution in [1.82, 2.24) is 5.32 Å². The van der Waals surface area contributed by atoms with Crippen LogP contribution in [0.15, 0.2) is 42.5 Å². The first-order valence-corrected chi connectivity index (χ1v) is 6.99. The van der Waals surface area contributed by atoms with Crippen molar-refractivity contribution in [2.75, 3.05) is 6.61 Å². The molecule has 0 aliphatic rings. The normalized spacial score (nSPS) is 10.5. The molecule has 0 aromatic heterocycles. The summed E-state index contributed by atoms with van der Waals surface area (Å²) < 4.78 is 31.4. The Labute approximate surface area is 127 Å². The molecule has 0 unspecified atom stereocenters. The zero-order valence-corrected chi connectivity index (χ0v) is 12.2. The van der Waals surface area contributed by atoms with Gasteiger partial charge in [-0.25, -0.2) is 8.78 Å². The molecule has 2 rings (SSSR count). The van der Waals surface area contributed by atoms with Gasteiger partial charge in [0.05, 0.1) is 6.61 Å². The van der Waals surface area contributed by atoms with E-state index >= 15 is 0 Å². The second-order valence-corrected chi connectivity index (χ2v) is 4.72. The third-order valence-electron chi connectivity index (χ3n) is 3.20. The van der Waals surface area contributed by atoms with Crippen molar-refractivity contribution in [2.24, 2.45) is 0 Å². The van der Waals surface area contributed by atoms with Gasteiger partial charge in [-0.3, -0.25) is 4.79 Å². The summed E-state index contributed by atoms with van der Waals surface area (Å²) in [7, 11) is 0. The van der Waals surface area contributed by atoms with Crippen LogP contribution < -0.4 is 5.32 Å². The molecule has 0 saturated heterocycles. The molecule has 0 heterocycles. The van der Waals surface area contributed by atoms with Crippen molar-refractivity contribution in [3.63, 3.8) is 0 Å². The Morgan fingerprint density at radius 1 is 1.09 bits per heavy atom. The van der Waals surface area contributed by atoms with Gasteiger partial charge in [0, 0.05) is 18.7 Å². The molecule has 22 heavy (non-hydrogen) atoms. The van der Waals surface area contributed by atoms with E-state index in [0.717, 1.165) is 23.3 Å². The van der Waals surface area contributed by atoms with E-state index in [-0.39, 0.29) is 5.56 Å². The first kappa shape index (κ1) is 16.1. The number of hydrogen-bond donors (Lipinski definition) is 1. The SMILES string of the molecule is CCOCc1ccccc1CNC(=O)c1ccc(F)c(F)c1. The molecule has 0 aliphatic carbocycles. The van der Waals surface area contributed by atoms with E-state index < -0.39 is 17.5 Å². The standard InChI is InChI=1S/C17H17F2NO2/c1-2-22-11-14-6-4-3-5-13(14)10-20-17(21)12-7-8-15(18)16(19)9-12/h3-9H,2,10-11H2,1H3,(H,20,21). The zero-order valence-electron chi connectivity index (χ0n) is 12.2. The van der Waals surface area contributed by atoms with E-state index in [2.05, 4.69) is 5.32 Å².